The van der Waals surface area contributed by atoms with Crippen LogP contribution in [0.2, 0.25) is 0 Å². The smallest absolute Gasteiger partial charge is 0.149 e. The molecule has 0 unspecified atom stereocenters. The predicted octanol–water partition coefficient (Wildman–Crippen LogP) is 16.3. The van der Waals surface area contributed by atoms with Gasteiger partial charge >= 0.3 is 0 Å². The quantitative estimate of drug-likeness (QED) is 0.128. The van der Waals surface area contributed by atoms with Crippen molar-refractivity contribution in [2.75, 3.05) is 13.2 Å². The van der Waals surface area contributed by atoms with Gasteiger partial charge in [0.05, 0.1) is 10.8 Å². The van der Waals surface area contributed by atoms with E-state index in [1.54, 1.807) is 0 Å². The van der Waals surface area contributed by atoms with Crippen molar-refractivity contribution in [1.82, 2.24) is 0 Å². The van der Waals surface area contributed by atoms with E-state index in [1.807, 2.05) is 26.0 Å². The van der Waals surface area contributed by atoms with E-state index in [-0.39, 0.29) is 0 Å². The summed E-state index contributed by atoms with van der Waals surface area (Å²) in [6.07, 6.45) is 9.02. The molecular formula is C70H50O3. The van der Waals surface area contributed by atoms with Gasteiger partial charge in [-0.1, -0.05) is 194 Å². The molecule has 0 heterocycles. The Labute approximate surface area is 427 Å². The van der Waals surface area contributed by atoms with Crippen molar-refractivity contribution in [3.8, 4) is 46.7 Å². The van der Waals surface area contributed by atoms with E-state index in [9.17, 15) is 0 Å². The highest BCUT2D eigenvalue weighted by Crippen LogP contribution is 2.52. The fraction of sp³-hybridized carbons (Fsp3) is 0.0857. The van der Waals surface area contributed by atoms with Crippen LogP contribution in [-0.2, 0) is 10.8 Å². The third kappa shape index (κ3) is 7.93. The van der Waals surface area contributed by atoms with Crippen LogP contribution < -0.4 is 14.2 Å². The number of hydrogen-bond acceptors (Lipinski definition) is 3. The molecule has 0 fully saturated rings. The monoisotopic (exact) mass is 938 g/mol. The van der Waals surface area contributed by atoms with Crippen molar-refractivity contribution in [1.29, 1.82) is 0 Å². The van der Waals surface area contributed by atoms with Crippen LogP contribution in [0.25, 0.3) is 45.8 Å². The minimum atomic E-state index is -0.659. The van der Waals surface area contributed by atoms with Gasteiger partial charge in [-0.3, -0.25) is 0 Å². The van der Waals surface area contributed by atoms with E-state index < -0.39 is 10.8 Å². The van der Waals surface area contributed by atoms with Crippen LogP contribution >= 0.6 is 0 Å². The molecule has 2 aliphatic rings. The molecule has 0 aromatic heterocycles. The maximum Gasteiger partial charge on any atom is 0.149 e. The Morgan fingerprint density at radius 2 is 0.616 bits per heavy atom. The van der Waals surface area contributed by atoms with Gasteiger partial charge in [0, 0.05) is 0 Å². The van der Waals surface area contributed by atoms with Gasteiger partial charge in [0.25, 0.3) is 0 Å². The summed E-state index contributed by atoms with van der Waals surface area (Å²) < 4.78 is 18.7. The van der Waals surface area contributed by atoms with Crippen LogP contribution in [0, 0.1) is 23.7 Å². The summed E-state index contributed by atoms with van der Waals surface area (Å²) in [4.78, 5) is 0. The lowest BCUT2D eigenvalue weighted by Crippen LogP contribution is -2.32. The van der Waals surface area contributed by atoms with Crippen molar-refractivity contribution < 1.29 is 14.2 Å². The average Bonchev–Trinajstić information content (AvgIpc) is 3.69. The molecule has 3 nitrogen and oxygen atoms in total. The Hall–Kier alpha value is -9.28. The molecule has 0 amide bonds. The van der Waals surface area contributed by atoms with Crippen molar-refractivity contribution in [3.63, 3.8) is 0 Å². The van der Waals surface area contributed by atoms with Gasteiger partial charge in [0.1, 0.15) is 36.2 Å². The summed E-state index contributed by atoms with van der Waals surface area (Å²) in [5.41, 5.74) is 12.9. The molecule has 0 saturated heterocycles. The lowest BCUT2D eigenvalue weighted by Gasteiger charge is -2.38. The molecule has 0 radical (unpaired) electrons. The molecule has 10 aromatic carbocycles. The minimum absolute atomic E-state index is 0.359. The molecule has 0 bridgehead atoms. The molecule has 0 aliphatic heterocycles. The second-order valence-electron chi connectivity index (χ2n) is 18.5. The van der Waals surface area contributed by atoms with Gasteiger partial charge in [0.2, 0.25) is 0 Å². The fourth-order valence-corrected chi connectivity index (χ4v) is 11.3. The van der Waals surface area contributed by atoms with Gasteiger partial charge in [-0.2, -0.15) is 0 Å². The van der Waals surface area contributed by atoms with Crippen LogP contribution in [-0.4, -0.2) is 13.2 Å². The molecular weight excluding hydrogens is 889 g/mol. The Morgan fingerprint density at radius 3 is 0.973 bits per heavy atom. The van der Waals surface area contributed by atoms with E-state index in [0.717, 1.165) is 55.7 Å². The van der Waals surface area contributed by atoms with Crippen LogP contribution in [0.3, 0.4) is 0 Å². The minimum Gasteiger partial charge on any atom is -0.481 e. The molecule has 73 heavy (non-hydrogen) atoms. The summed E-state index contributed by atoms with van der Waals surface area (Å²) in [6, 6.07) is 78.9. The van der Waals surface area contributed by atoms with Crippen molar-refractivity contribution in [3.05, 3.63) is 285 Å². The first kappa shape index (κ1) is 44.9. The van der Waals surface area contributed by atoms with Gasteiger partial charge < -0.3 is 14.2 Å². The highest BCUT2D eigenvalue weighted by molar-refractivity contribution is 5.89. The van der Waals surface area contributed by atoms with E-state index in [4.69, 9.17) is 14.2 Å². The Balaban J connectivity index is 0.944. The van der Waals surface area contributed by atoms with Crippen molar-refractivity contribution in [2.45, 2.75) is 24.7 Å². The zero-order valence-electron chi connectivity index (χ0n) is 40.7. The second-order valence-corrected chi connectivity index (χ2v) is 18.5. The van der Waals surface area contributed by atoms with Crippen LogP contribution in [0.4, 0.5) is 0 Å². The van der Waals surface area contributed by atoms with Crippen LogP contribution in [0.1, 0.15) is 80.6 Å². The molecule has 0 saturated carbocycles. The van der Waals surface area contributed by atoms with Gasteiger partial charge in [0.15, 0.2) is 0 Å². The van der Waals surface area contributed by atoms with E-state index in [0.29, 0.717) is 13.2 Å². The Bertz CT molecular complexity index is 3570. The topological polar surface area (TPSA) is 27.7 Å². The summed E-state index contributed by atoms with van der Waals surface area (Å²) in [5, 5.41) is 4.48. The standard InChI is InChI=1S/C70H50O3/c1-3-5-43-71-63-37-29-53-45-59(31-27-55(53)47-63)69(65-19-11-7-15-49(65)23-24-50-16-8-12-20-66(50)69)57-33-39-61(40-34-57)73-62-41-35-58(36-42-62)70(60-32-28-56-48-64(72-44-6-4-2)38-30-54(56)46-60)67-21-13-9-17-51(67)25-26-52-18-10-14-22-68(52)70/h7-42,45-48H,43-44H2,1-2H3. The van der Waals surface area contributed by atoms with Gasteiger partial charge in [-0.15, -0.1) is 11.8 Å². The molecule has 0 spiro atoms. The average molecular weight is 939 g/mol. The molecule has 2 aliphatic carbocycles. The number of fused-ring (bicyclic) bond motifs is 6. The van der Waals surface area contributed by atoms with E-state index in [1.165, 1.54) is 55.6 Å². The molecule has 12 rings (SSSR count). The predicted molar refractivity (Wildman–Crippen MR) is 300 cm³/mol. The number of rotatable bonds is 10. The zero-order valence-corrected chi connectivity index (χ0v) is 40.7. The van der Waals surface area contributed by atoms with E-state index in [2.05, 4.69) is 254 Å². The summed E-state index contributed by atoms with van der Waals surface area (Å²) in [6.45, 7) is 4.37. The maximum atomic E-state index is 6.81. The van der Waals surface area contributed by atoms with Gasteiger partial charge in [-0.05, 0) is 163 Å². The summed E-state index contributed by atoms with van der Waals surface area (Å²) in [5.74, 6) is 15.0. The van der Waals surface area contributed by atoms with Gasteiger partial charge in [-0.25, -0.2) is 0 Å². The molecule has 3 heteroatoms. The Morgan fingerprint density at radius 1 is 0.315 bits per heavy atom. The summed E-state index contributed by atoms with van der Waals surface area (Å²) in [7, 11) is 0. The first-order valence-corrected chi connectivity index (χ1v) is 24.8. The SMILES string of the molecule is CC#CCOc1ccc2cc(C3(c4ccc(Oc5ccc(C6(c7ccc8cc(OCC#CC)ccc8c7)c7ccccc7C=Cc7ccccc76)cc5)cc4)c4ccccc4C=Cc4ccccc43)ccc2c1. The van der Waals surface area contributed by atoms with Crippen LogP contribution in [0.5, 0.6) is 23.0 Å². The van der Waals surface area contributed by atoms with Crippen LogP contribution in [0.15, 0.2) is 218 Å². The fourth-order valence-electron chi connectivity index (χ4n) is 11.3. The van der Waals surface area contributed by atoms with E-state index >= 15 is 0 Å². The molecule has 10 aromatic rings. The molecule has 348 valence electrons. The highest BCUT2D eigenvalue weighted by Gasteiger charge is 2.43. The number of benzene rings is 10. The molecule has 0 atom stereocenters. The number of ether oxygens (including phenoxy) is 3. The highest BCUT2D eigenvalue weighted by atomic mass is 16.5. The number of hydrogen-bond donors (Lipinski definition) is 0. The first-order chi connectivity index (χ1) is 36.1. The lowest BCUT2D eigenvalue weighted by molar-refractivity contribution is 0.370. The van der Waals surface area contributed by atoms with Crippen molar-refractivity contribution >= 4 is 45.8 Å². The third-order valence-electron chi connectivity index (χ3n) is 14.6. The summed E-state index contributed by atoms with van der Waals surface area (Å²) >= 11 is 0. The largest absolute Gasteiger partial charge is 0.481 e. The zero-order chi connectivity index (χ0) is 49.2. The normalized spacial score (nSPS) is 13.3. The van der Waals surface area contributed by atoms with Crippen molar-refractivity contribution in [2.24, 2.45) is 0 Å². The third-order valence-corrected chi connectivity index (χ3v) is 14.6. The Kier molecular flexibility index (Phi) is 11.8. The first-order valence-electron chi connectivity index (χ1n) is 24.8. The lowest BCUT2D eigenvalue weighted by atomic mass is 9.63. The molecule has 0 N–H and O–H groups in total. The second kappa shape index (κ2) is 19.1. The maximum absolute atomic E-state index is 6.81.